The Bertz CT molecular complexity index is 253. The molecule has 0 N–H and O–H groups in total. The van der Waals surface area contributed by atoms with Crippen LogP contribution in [0, 0.1) is 11.8 Å². The molecule has 0 radical (unpaired) electrons. The van der Waals surface area contributed by atoms with Gasteiger partial charge in [0.15, 0.2) is 0 Å². The Balaban J connectivity index is 1.89. The minimum absolute atomic E-state index is 0.00407. The zero-order valence-electron chi connectivity index (χ0n) is 12.1. The second-order valence-electron chi connectivity index (χ2n) is 6.94. The predicted molar refractivity (Wildman–Crippen MR) is 72.0 cm³/mol. The monoisotopic (exact) mass is 238 g/mol. The summed E-state index contributed by atoms with van der Waals surface area (Å²) in [5.41, 5.74) is -0.347. The molecule has 1 aliphatic carbocycles. The first kappa shape index (κ1) is 13.4. The highest BCUT2D eigenvalue weighted by Crippen LogP contribution is 2.41. The molecular weight excluding hydrogens is 211 g/mol. The van der Waals surface area contributed by atoms with E-state index in [1.54, 1.807) is 0 Å². The maximum atomic E-state index is 6.07. The summed E-state index contributed by atoms with van der Waals surface area (Å²) in [7, 11) is -0.00407. The van der Waals surface area contributed by atoms with E-state index in [4.69, 9.17) is 9.31 Å². The second-order valence-corrected chi connectivity index (χ2v) is 6.94. The lowest BCUT2D eigenvalue weighted by molar-refractivity contribution is 0.00578. The van der Waals surface area contributed by atoms with Gasteiger partial charge in [0.1, 0.15) is 0 Å². The number of rotatable bonds is 3. The molecule has 98 valence electrons. The topological polar surface area (TPSA) is 18.5 Å². The van der Waals surface area contributed by atoms with Gasteiger partial charge in [-0.1, -0.05) is 32.6 Å². The van der Waals surface area contributed by atoms with Crippen molar-refractivity contribution in [2.24, 2.45) is 11.8 Å². The minimum atomic E-state index is -0.174. The second kappa shape index (κ2) is 4.58. The fourth-order valence-electron chi connectivity index (χ4n) is 3.08. The summed E-state index contributed by atoms with van der Waals surface area (Å²) in [5.74, 6) is 1.63. The highest BCUT2D eigenvalue weighted by molar-refractivity contribution is 6.45. The van der Waals surface area contributed by atoms with E-state index in [1.165, 1.54) is 25.7 Å². The lowest BCUT2D eigenvalue weighted by atomic mass is 9.73. The molecule has 0 aromatic carbocycles. The lowest BCUT2D eigenvalue weighted by Gasteiger charge is -2.32. The fraction of sp³-hybridized carbons (Fsp3) is 1.00. The molecule has 2 rings (SSSR count). The van der Waals surface area contributed by atoms with Gasteiger partial charge in [0.2, 0.25) is 0 Å². The fourth-order valence-corrected chi connectivity index (χ4v) is 3.08. The largest absolute Gasteiger partial charge is 0.458 e. The van der Waals surface area contributed by atoms with Crippen LogP contribution in [0.1, 0.15) is 60.3 Å². The summed E-state index contributed by atoms with van der Waals surface area (Å²) < 4.78 is 12.1. The van der Waals surface area contributed by atoms with E-state index >= 15 is 0 Å². The van der Waals surface area contributed by atoms with Gasteiger partial charge in [-0.15, -0.1) is 0 Å². The first-order valence-electron chi connectivity index (χ1n) is 7.17. The Morgan fingerprint density at radius 2 is 1.53 bits per heavy atom. The normalized spacial score (nSPS) is 29.8. The Morgan fingerprint density at radius 1 is 1.06 bits per heavy atom. The molecule has 1 atom stereocenters. The number of hydrogen-bond acceptors (Lipinski definition) is 2. The van der Waals surface area contributed by atoms with Crippen molar-refractivity contribution in [3.05, 3.63) is 0 Å². The van der Waals surface area contributed by atoms with Crippen molar-refractivity contribution >= 4 is 7.12 Å². The van der Waals surface area contributed by atoms with Gasteiger partial charge in [-0.2, -0.15) is 0 Å². The first-order chi connectivity index (χ1) is 7.82. The molecule has 0 amide bonds. The Hall–Kier alpha value is -0.0151. The van der Waals surface area contributed by atoms with Gasteiger partial charge in [-0.3, -0.25) is 0 Å². The van der Waals surface area contributed by atoms with Crippen molar-refractivity contribution in [2.75, 3.05) is 0 Å². The third-order valence-corrected chi connectivity index (χ3v) is 5.07. The average Bonchev–Trinajstić information content (AvgIpc) is 2.73. The lowest BCUT2D eigenvalue weighted by Crippen LogP contribution is -2.41. The maximum Gasteiger partial charge on any atom is 0.458 e. The summed E-state index contributed by atoms with van der Waals surface area (Å²) in [6.07, 6.45) is 6.69. The summed E-state index contributed by atoms with van der Waals surface area (Å²) >= 11 is 0. The van der Waals surface area contributed by atoms with Gasteiger partial charge in [0.25, 0.3) is 0 Å². The van der Waals surface area contributed by atoms with Crippen LogP contribution in [0.4, 0.5) is 0 Å². The third kappa shape index (κ3) is 2.71. The van der Waals surface area contributed by atoms with Gasteiger partial charge in [0, 0.05) is 0 Å². The van der Waals surface area contributed by atoms with E-state index in [9.17, 15) is 0 Å². The van der Waals surface area contributed by atoms with Crippen LogP contribution in [0.5, 0.6) is 0 Å². The molecule has 1 unspecified atom stereocenters. The van der Waals surface area contributed by atoms with Gasteiger partial charge in [-0.25, -0.2) is 0 Å². The summed E-state index contributed by atoms with van der Waals surface area (Å²) in [4.78, 5) is 0. The molecule has 0 spiro atoms. The van der Waals surface area contributed by atoms with Gasteiger partial charge in [-0.05, 0) is 45.9 Å². The van der Waals surface area contributed by atoms with Crippen LogP contribution in [-0.4, -0.2) is 18.3 Å². The molecule has 1 saturated heterocycles. The van der Waals surface area contributed by atoms with Crippen LogP contribution in [0.25, 0.3) is 0 Å². The highest BCUT2D eigenvalue weighted by Gasteiger charge is 2.51. The van der Waals surface area contributed by atoms with Crippen LogP contribution < -0.4 is 0 Å². The SMILES string of the molecule is CC(CB1OC(C)(C)C(C)(C)O1)C1CCCC1. The molecule has 2 aliphatic rings. The third-order valence-electron chi connectivity index (χ3n) is 5.07. The highest BCUT2D eigenvalue weighted by atomic mass is 16.7. The van der Waals surface area contributed by atoms with E-state index in [1.807, 2.05) is 0 Å². The van der Waals surface area contributed by atoms with Crippen molar-refractivity contribution in [3.8, 4) is 0 Å². The van der Waals surface area contributed by atoms with Crippen LogP contribution >= 0.6 is 0 Å². The molecule has 1 heterocycles. The van der Waals surface area contributed by atoms with Gasteiger partial charge < -0.3 is 9.31 Å². The molecular formula is C14H27BO2. The van der Waals surface area contributed by atoms with E-state index in [0.717, 1.165) is 18.2 Å². The Morgan fingerprint density at radius 3 is 2.00 bits per heavy atom. The zero-order chi connectivity index (χ0) is 12.7. The molecule has 0 aromatic rings. The Kier molecular flexibility index (Phi) is 3.62. The minimum Gasteiger partial charge on any atom is -0.403 e. The van der Waals surface area contributed by atoms with Crippen LogP contribution in [-0.2, 0) is 9.31 Å². The van der Waals surface area contributed by atoms with Crippen LogP contribution in [0.2, 0.25) is 6.32 Å². The van der Waals surface area contributed by atoms with Crippen molar-refractivity contribution in [3.63, 3.8) is 0 Å². The van der Waals surface area contributed by atoms with Crippen molar-refractivity contribution in [1.82, 2.24) is 0 Å². The zero-order valence-corrected chi connectivity index (χ0v) is 12.1. The molecule has 1 aliphatic heterocycles. The van der Waals surface area contributed by atoms with E-state index < -0.39 is 0 Å². The summed E-state index contributed by atoms with van der Waals surface area (Å²) in [6, 6.07) is 0. The first-order valence-corrected chi connectivity index (χ1v) is 7.17. The van der Waals surface area contributed by atoms with E-state index in [-0.39, 0.29) is 18.3 Å². The van der Waals surface area contributed by atoms with E-state index in [0.29, 0.717) is 0 Å². The van der Waals surface area contributed by atoms with Crippen molar-refractivity contribution in [1.29, 1.82) is 0 Å². The molecule has 2 fully saturated rings. The maximum absolute atomic E-state index is 6.07. The predicted octanol–water partition coefficient (Wildman–Crippen LogP) is 3.90. The summed E-state index contributed by atoms with van der Waals surface area (Å²) in [5, 5.41) is 0. The van der Waals surface area contributed by atoms with Crippen molar-refractivity contribution in [2.45, 2.75) is 77.8 Å². The van der Waals surface area contributed by atoms with Gasteiger partial charge >= 0.3 is 7.12 Å². The summed E-state index contributed by atoms with van der Waals surface area (Å²) in [6.45, 7) is 10.9. The molecule has 0 aromatic heterocycles. The van der Waals surface area contributed by atoms with E-state index in [2.05, 4.69) is 34.6 Å². The molecule has 3 heteroatoms. The molecule has 0 bridgehead atoms. The Labute approximate surface area is 107 Å². The number of hydrogen-bond donors (Lipinski definition) is 0. The van der Waals surface area contributed by atoms with Crippen molar-refractivity contribution < 1.29 is 9.31 Å². The van der Waals surface area contributed by atoms with Gasteiger partial charge in [0.05, 0.1) is 11.2 Å². The molecule has 2 nitrogen and oxygen atoms in total. The molecule has 1 saturated carbocycles. The average molecular weight is 238 g/mol. The van der Waals surface area contributed by atoms with Crippen LogP contribution in [0.3, 0.4) is 0 Å². The quantitative estimate of drug-likeness (QED) is 0.694. The standard InChI is InChI=1S/C14H27BO2/c1-11(12-8-6-7-9-12)10-15-16-13(2,3)14(4,5)17-15/h11-12H,6-10H2,1-5H3. The smallest absolute Gasteiger partial charge is 0.403 e. The van der Waals surface area contributed by atoms with Crippen LogP contribution in [0.15, 0.2) is 0 Å². The molecule has 17 heavy (non-hydrogen) atoms.